The molecule has 0 saturated carbocycles. The van der Waals surface area contributed by atoms with Gasteiger partial charge in [0.25, 0.3) is 0 Å². The minimum atomic E-state index is -4.40. The van der Waals surface area contributed by atoms with Crippen LogP contribution < -0.4 is 10.6 Å². The number of hydrogen-bond donors (Lipinski definition) is 2. The maximum Gasteiger partial charge on any atom is 0.416 e. The first-order valence-electron chi connectivity index (χ1n) is 6.89. The van der Waals surface area contributed by atoms with Gasteiger partial charge >= 0.3 is 6.18 Å². The topological polar surface area (TPSA) is 46.2 Å². The fourth-order valence-corrected chi connectivity index (χ4v) is 1.80. The van der Waals surface area contributed by atoms with E-state index in [4.69, 9.17) is 4.74 Å². The lowest BCUT2D eigenvalue weighted by molar-refractivity contribution is -0.137. The summed E-state index contributed by atoms with van der Waals surface area (Å²) in [5, 5.41) is 5.71. The second-order valence-electron chi connectivity index (χ2n) is 5.20. The largest absolute Gasteiger partial charge is 0.416 e. The van der Waals surface area contributed by atoms with Gasteiger partial charge in [0, 0.05) is 19.7 Å². The van der Waals surface area contributed by atoms with Gasteiger partial charge in [0.05, 0.1) is 11.2 Å². The molecule has 1 aromatic heterocycles. The molecule has 0 spiro atoms. The second-order valence-corrected chi connectivity index (χ2v) is 5.20. The first-order chi connectivity index (χ1) is 9.68. The molecule has 0 radical (unpaired) electrons. The lowest BCUT2D eigenvalue weighted by Crippen LogP contribution is -2.33. The van der Waals surface area contributed by atoms with Gasteiger partial charge in [-0.1, -0.05) is 0 Å². The van der Waals surface area contributed by atoms with Gasteiger partial charge in [0.2, 0.25) is 0 Å². The Kier molecular flexibility index (Phi) is 5.83. The Morgan fingerprint density at radius 3 is 2.14 bits per heavy atom. The summed E-state index contributed by atoms with van der Waals surface area (Å²) in [6.07, 6.45) is -4.40. The van der Waals surface area contributed by atoms with Gasteiger partial charge in [-0.25, -0.2) is 4.98 Å². The molecule has 0 unspecified atom stereocenters. The van der Waals surface area contributed by atoms with Crippen LogP contribution in [0.2, 0.25) is 0 Å². The van der Waals surface area contributed by atoms with Crippen molar-refractivity contribution in [3.8, 4) is 0 Å². The van der Waals surface area contributed by atoms with Crippen molar-refractivity contribution in [2.45, 2.75) is 39.5 Å². The highest BCUT2D eigenvalue weighted by molar-refractivity contribution is 5.49. The number of anilines is 2. The molecule has 1 rings (SSSR count). The number of alkyl halides is 3. The van der Waals surface area contributed by atoms with Gasteiger partial charge < -0.3 is 15.4 Å². The van der Waals surface area contributed by atoms with Crippen LogP contribution in [0.3, 0.4) is 0 Å². The number of hydrogen-bond acceptors (Lipinski definition) is 4. The fourth-order valence-electron chi connectivity index (χ4n) is 1.80. The summed E-state index contributed by atoms with van der Waals surface area (Å²) in [6, 6.07) is 2.01. The molecule has 0 aromatic carbocycles. The molecule has 1 aromatic rings. The number of rotatable bonds is 7. The Balaban J connectivity index is 2.93. The highest BCUT2D eigenvalue weighted by Crippen LogP contribution is 2.32. The third-order valence-corrected chi connectivity index (χ3v) is 2.74. The summed E-state index contributed by atoms with van der Waals surface area (Å²) < 4.78 is 44.1. The Morgan fingerprint density at radius 1 is 1.10 bits per heavy atom. The van der Waals surface area contributed by atoms with Crippen molar-refractivity contribution in [1.82, 2.24) is 4.98 Å². The normalized spacial score (nSPS) is 12.3. The molecule has 0 aliphatic heterocycles. The monoisotopic (exact) mass is 305 g/mol. The average Bonchev–Trinajstić information content (AvgIpc) is 2.36. The van der Waals surface area contributed by atoms with Crippen LogP contribution in [0, 0.1) is 0 Å². The summed E-state index contributed by atoms with van der Waals surface area (Å²) in [4.78, 5) is 4.12. The van der Waals surface area contributed by atoms with Crippen molar-refractivity contribution >= 4 is 11.6 Å². The molecule has 7 heteroatoms. The lowest BCUT2D eigenvalue weighted by Gasteiger charge is -2.25. The smallest absolute Gasteiger partial charge is 0.374 e. The second kappa shape index (κ2) is 6.98. The van der Waals surface area contributed by atoms with Crippen molar-refractivity contribution in [2.75, 3.05) is 30.3 Å². The molecule has 2 N–H and O–H groups in total. The zero-order valence-corrected chi connectivity index (χ0v) is 12.8. The van der Waals surface area contributed by atoms with E-state index in [1.54, 1.807) is 6.92 Å². The molecular weight excluding hydrogens is 283 g/mol. The van der Waals surface area contributed by atoms with E-state index < -0.39 is 17.3 Å². The van der Waals surface area contributed by atoms with E-state index in [-0.39, 0.29) is 11.6 Å². The SMILES string of the molecule is CCNc1cc(C(F)(F)F)cc(NCC(C)(C)OCC)n1. The van der Waals surface area contributed by atoms with Crippen LogP contribution >= 0.6 is 0 Å². The van der Waals surface area contributed by atoms with Crippen LogP contribution in [-0.2, 0) is 10.9 Å². The van der Waals surface area contributed by atoms with E-state index in [1.165, 1.54) is 0 Å². The molecule has 0 bridgehead atoms. The summed E-state index contributed by atoms with van der Waals surface area (Å²) >= 11 is 0. The van der Waals surface area contributed by atoms with Gasteiger partial charge in [-0.2, -0.15) is 13.2 Å². The Labute approximate surface area is 123 Å². The van der Waals surface area contributed by atoms with Gasteiger partial charge in [0.15, 0.2) is 0 Å². The van der Waals surface area contributed by atoms with E-state index in [1.807, 2.05) is 20.8 Å². The van der Waals surface area contributed by atoms with Crippen LogP contribution in [0.25, 0.3) is 0 Å². The predicted molar refractivity (Wildman–Crippen MR) is 77.6 cm³/mol. The van der Waals surface area contributed by atoms with Crippen molar-refractivity contribution in [3.05, 3.63) is 17.7 Å². The van der Waals surface area contributed by atoms with Crippen molar-refractivity contribution in [2.24, 2.45) is 0 Å². The average molecular weight is 305 g/mol. The highest BCUT2D eigenvalue weighted by atomic mass is 19.4. The maximum atomic E-state index is 12.9. The lowest BCUT2D eigenvalue weighted by atomic mass is 10.1. The van der Waals surface area contributed by atoms with Crippen molar-refractivity contribution in [3.63, 3.8) is 0 Å². The summed E-state index contributed by atoms with van der Waals surface area (Å²) in [7, 11) is 0. The van der Waals surface area contributed by atoms with Crippen LogP contribution in [0.1, 0.15) is 33.3 Å². The van der Waals surface area contributed by atoms with Crippen molar-refractivity contribution in [1.29, 1.82) is 0 Å². The van der Waals surface area contributed by atoms with Gasteiger partial charge in [-0.05, 0) is 39.8 Å². The van der Waals surface area contributed by atoms with Crippen LogP contribution in [0.5, 0.6) is 0 Å². The molecule has 0 amide bonds. The molecule has 0 aliphatic carbocycles. The zero-order chi connectivity index (χ0) is 16.1. The van der Waals surface area contributed by atoms with E-state index in [2.05, 4.69) is 15.6 Å². The van der Waals surface area contributed by atoms with E-state index in [0.717, 1.165) is 12.1 Å². The van der Waals surface area contributed by atoms with E-state index in [9.17, 15) is 13.2 Å². The first-order valence-corrected chi connectivity index (χ1v) is 6.89. The minimum Gasteiger partial charge on any atom is -0.374 e. The molecule has 1 heterocycles. The number of nitrogens with one attached hydrogen (secondary N) is 2. The zero-order valence-electron chi connectivity index (χ0n) is 12.8. The molecular formula is C14H22F3N3O. The van der Waals surface area contributed by atoms with E-state index >= 15 is 0 Å². The summed E-state index contributed by atoms with van der Waals surface area (Å²) in [5.74, 6) is 0.373. The van der Waals surface area contributed by atoms with Gasteiger partial charge in [-0.15, -0.1) is 0 Å². The Morgan fingerprint density at radius 2 is 1.67 bits per heavy atom. The van der Waals surface area contributed by atoms with Crippen molar-refractivity contribution < 1.29 is 17.9 Å². The third-order valence-electron chi connectivity index (χ3n) is 2.74. The van der Waals surface area contributed by atoms with Gasteiger partial charge in [0.1, 0.15) is 11.6 Å². The molecule has 0 aliphatic rings. The molecule has 4 nitrogen and oxygen atoms in total. The Hall–Kier alpha value is -1.50. The standard InChI is InChI=1S/C14H22F3N3O/c1-5-18-11-7-10(14(15,16)17)8-12(20-11)19-9-13(3,4)21-6-2/h7-8H,5-6,9H2,1-4H3,(H2,18,19,20). The highest BCUT2D eigenvalue weighted by Gasteiger charge is 2.31. The minimum absolute atomic E-state index is 0.175. The Bertz CT molecular complexity index is 461. The number of nitrogens with zero attached hydrogens (tertiary/aromatic N) is 1. The van der Waals surface area contributed by atoms with Crippen LogP contribution in [-0.4, -0.2) is 30.3 Å². The molecule has 120 valence electrons. The van der Waals surface area contributed by atoms with Gasteiger partial charge in [-0.3, -0.25) is 0 Å². The molecule has 0 atom stereocenters. The number of pyridine rings is 1. The van der Waals surface area contributed by atoms with Crippen LogP contribution in [0.4, 0.5) is 24.8 Å². The first kappa shape index (κ1) is 17.6. The number of halogens is 3. The predicted octanol–water partition coefficient (Wildman–Crippen LogP) is 3.76. The quantitative estimate of drug-likeness (QED) is 0.805. The van der Waals surface area contributed by atoms with Crippen LogP contribution in [0.15, 0.2) is 12.1 Å². The molecule has 0 fully saturated rings. The third kappa shape index (κ3) is 5.79. The van der Waals surface area contributed by atoms with E-state index in [0.29, 0.717) is 19.7 Å². The molecule has 0 saturated heterocycles. The summed E-state index contributed by atoms with van der Waals surface area (Å²) in [5.41, 5.74) is -1.21. The fraction of sp³-hybridized carbons (Fsp3) is 0.643. The summed E-state index contributed by atoms with van der Waals surface area (Å²) in [6.45, 7) is 8.79. The maximum absolute atomic E-state index is 12.9. The number of aromatic nitrogens is 1. The molecule has 21 heavy (non-hydrogen) atoms. The number of ether oxygens (including phenoxy) is 1.